The molecule has 320 valence electrons. The summed E-state index contributed by atoms with van der Waals surface area (Å²) in [4.78, 5) is 83.5. The van der Waals surface area contributed by atoms with Crippen LogP contribution in [0.2, 0.25) is 0 Å². The molecule has 5 heterocycles. The summed E-state index contributed by atoms with van der Waals surface area (Å²) in [5.41, 5.74) is 10.5. The van der Waals surface area contributed by atoms with Crippen LogP contribution in [0.15, 0.2) is 42.4 Å². The third-order valence-corrected chi connectivity index (χ3v) is 9.91. The van der Waals surface area contributed by atoms with Crippen LogP contribution in [-0.4, -0.2) is 147 Å². The molecule has 3 aromatic rings. The topological polar surface area (TPSA) is 397 Å². The first-order chi connectivity index (χ1) is 27.4. The number of nitrogen functional groups attached to an aromatic ring is 2. The summed E-state index contributed by atoms with van der Waals surface area (Å²) < 4.78 is 64.1. The molecule has 27 nitrogen and oxygen atoms in total. The summed E-state index contributed by atoms with van der Waals surface area (Å²) in [6.07, 6.45) is -9.03. The number of nitrogens with one attached hydrogen (secondary N) is 1. The van der Waals surface area contributed by atoms with Gasteiger partial charge in [-0.1, -0.05) is 6.08 Å². The van der Waals surface area contributed by atoms with E-state index in [2.05, 4.69) is 36.4 Å². The zero-order chi connectivity index (χ0) is 42.4. The van der Waals surface area contributed by atoms with Crippen molar-refractivity contribution in [2.45, 2.75) is 68.0 Å². The summed E-state index contributed by atoms with van der Waals surface area (Å²) >= 11 is 0. The number of carbonyl (C=O) groups is 2. The molecular weight excluding hydrogens is 824 g/mol. The molecule has 2 aliphatic rings. The van der Waals surface area contributed by atoms with Gasteiger partial charge in [0.25, 0.3) is 0 Å². The molecular formula is C29H41N9O18P2. The number of phosphoric acid groups is 2. The Morgan fingerprint density at radius 2 is 1.69 bits per heavy atom. The number of anilines is 2. The first-order valence-corrected chi connectivity index (χ1v) is 20.1. The molecule has 10 atom stereocenters. The number of imidazole rings is 1. The smallest absolute Gasteiger partial charge is 0.455 e. The number of aliphatic hydroxyl groups excluding tert-OH is 3. The minimum atomic E-state index is -5.42. The second-order valence-corrected chi connectivity index (χ2v) is 15.2. The summed E-state index contributed by atoms with van der Waals surface area (Å²) in [6, 6.07) is -0.326. The Hall–Kier alpha value is -4.31. The summed E-state index contributed by atoms with van der Waals surface area (Å²) in [5.74, 6) is -1.98. The van der Waals surface area contributed by atoms with Crippen molar-refractivity contribution in [2.75, 3.05) is 44.5 Å². The average Bonchev–Trinajstić information content (AvgIpc) is 3.82. The van der Waals surface area contributed by atoms with Gasteiger partial charge in [-0.05, 0) is 12.5 Å². The number of nitrogens with zero attached hydrogens (tertiary/aromatic N) is 6. The number of fused-ring (bicyclic) bond motifs is 1. The lowest BCUT2D eigenvalue weighted by Crippen LogP contribution is -2.48. The quantitative estimate of drug-likeness (QED) is 0.0233. The Morgan fingerprint density at radius 3 is 2.36 bits per heavy atom. The standard InChI is InChI=1S/C29H41N9O18P2/c1-2-3-4-18(40)35-14(9-50-8-7-39)28(43)55-22-15(53-27(20(22)41)38-13-34-19-24(31)32-12-33-25(19)38)11-52-58(48,49)56-23-16(10-51-57(45,46)47)54-26(21(23)42)37-6-5-17(30)36-29(37)44/h2,5-6,12-16,20-23,26-27,39,41-42H,1,3-4,7-11H2,(H,35,40)(H,48,49)(H2,30,36,44)(H2,31,32,33)(H2,45,46,47)/t14-,15+,16+,20+,21+,22+,23+,26+,27+/m0/s1. The fourth-order valence-electron chi connectivity index (χ4n) is 5.79. The number of hydrogen-bond donors (Lipinski definition) is 9. The van der Waals surface area contributed by atoms with Gasteiger partial charge in [0, 0.05) is 12.6 Å². The number of phosphoric ester groups is 2. The molecule has 29 heteroatoms. The van der Waals surface area contributed by atoms with E-state index in [9.17, 15) is 48.4 Å². The SMILES string of the molecule is C=CCCC(=O)N[C@@H](COCCO)C(=O)O[C@H]1[C@@H](O)[C@H](n2cnc3c(N)ncnc32)O[C@@H]1COP(=O)(O)O[C@H]1[C@@H](O)[C@H](n2ccc(N)nc2=O)O[C@@H]1COP(=O)(O)O. The third-order valence-electron chi connectivity index (χ3n) is 8.44. The van der Waals surface area contributed by atoms with E-state index in [4.69, 9.17) is 44.6 Å². The molecule has 0 aromatic carbocycles. The fraction of sp³-hybridized carbons (Fsp3) is 0.552. The molecule has 0 radical (unpaired) electrons. The van der Waals surface area contributed by atoms with Gasteiger partial charge in [-0.2, -0.15) is 4.98 Å². The van der Waals surface area contributed by atoms with E-state index in [1.54, 1.807) is 0 Å². The molecule has 58 heavy (non-hydrogen) atoms. The predicted octanol–water partition coefficient (Wildman–Crippen LogP) is -3.25. The van der Waals surface area contributed by atoms with Crippen LogP contribution in [0.4, 0.5) is 11.6 Å². The molecule has 3 aromatic heterocycles. The Labute approximate surface area is 326 Å². The number of ether oxygens (including phenoxy) is 4. The van der Waals surface area contributed by atoms with Crippen LogP contribution in [-0.2, 0) is 51.2 Å². The average molecular weight is 866 g/mol. The lowest BCUT2D eigenvalue weighted by Gasteiger charge is -2.26. The van der Waals surface area contributed by atoms with Gasteiger partial charge in [0.15, 0.2) is 36.1 Å². The molecule has 1 amide bonds. The molecule has 2 fully saturated rings. The Kier molecular flexibility index (Phi) is 14.8. The van der Waals surface area contributed by atoms with Crippen molar-refractivity contribution in [2.24, 2.45) is 0 Å². The van der Waals surface area contributed by atoms with Crippen LogP contribution in [0.25, 0.3) is 11.2 Å². The maximum Gasteiger partial charge on any atom is 0.472 e. The van der Waals surface area contributed by atoms with Crippen molar-refractivity contribution in [1.82, 2.24) is 34.4 Å². The van der Waals surface area contributed by atoms with Crippen molar-refractivity contribution >= 4 is 50.3 Å². The van der Waals surface area contributed by atoms with E-state index < -0.39 is 115 Å². The molecule has 2 aliphatic heterocycles. The first-order valence-electron chi connectivity index (χ1n) is 17.0. The van der Waals surface area contributed by atoms with Gasteiger partial charge < -0.3 is 65.7 Å². The van der Waals surface area contributed by atoms with Crippen LogP contribution in [0.1, 0.15) is 25.3 Å². The Balaban J connectivity index is 1.39. The Bertz CT molecular complexity index is 2090. The van der Waals surface area contributed by atoms with Gasteiger partial charge >= 0.3 is 27.3 Å². The molecule has 1 unspecified atom stereocenters. The second-order valence-electron chi connectivity index (χ2n) is 12.5. The van der Waals surface area contributed by atoms with E-state index >= 15 is 0 Å². The lowest BCUT2D eigenvalue weighted by molar-refractivity contribution is -0.162. The van der Waals surface area contributed by atoms with Crippen LogP contribution < -0.4 is 22.5 Å². The van der Waals surface area contributed by atoms with Crippen LogP contribution in [0.3, 0.4) is 0 Å². The minimum absolute atomic E-state index is 0.0299. The summed E-state index contributed by atoms with van der Waals surface area (Å²) in [6.45, 7) is 0.392. The highest BCUT2D eigenvalue weighted by Crippen LogP contribution is 2.50. The summed E-state index contributed by atoms with van der Waals surface area (Å²) in [5, 5.41) is 34.2. The van der Waals surface area contributed by atoms with Gasteiger partial charge in [-0.3, -0.25) is 27.5 Å². The van der Waals surface area contributed by atoms with Gasteiger partial charge in [0.2, 0.25) is 5.91 Å². The van der Waals surface area contributed by atoms with E-state index in [1.807, 2.05) is 0 Å². The molecule has 0 saturated carbocycles. The van der Waals surface area contributed by atoms with Gasteiger partial charge in [-0.15, -0.1) is 6.58 Å². The maximum atomic E-state index is 13.5. The van der Waals surface area contributed by atoms with E-state index in [1.165, 1.54) is 17.0 Å². The number of amides is 1. The number of nitrogens with two attached hydrogens (primary N) is 2. The highest BCUT2D eigenvalue weighted by Gasteiger charge is 2.52. The second kappa shape index (κ2) is 19.2. The molecule has 0 bridgehead atoms. The number of esters is 1. The van der Waals surface area contributed by atoms with Crippen molar-refractivity contribution < 1.29 is 81.2 Å². The summed E-state index contributed by atoms with van der Waals surface area (Å²) in [7, 11) is -10.6. The van der Waals surface area contributed by atoms with Crippen molar-refractivity contribution in [3.8, 4) is 0 Å². The van der Waals surface area contributed by atoms with Crippen LogP contribution >= 0.6 is 15.6 Å². The first kappa shape index (κ1) is 44.8. The fourth-order valence-corrected chi connectivity index (χ4v) is 7.10. The molecule has 5 rings (SSSR count). The third kappa shape index (κ3) is 11.0. The largest absolute Gasteiger partial charge is 0.472 e. The number of aromatic nitrogens is 6. The Morgan fingerprint density at radius 1 is 1.02 bits per heavy atom. The highest BCUT2D eigenvalue weighted by molar-refractivity contribution is 7.47. The zero-order valence-electron chi connectivity index (χ0n) is 30.1. The normalized spacial score (nSPS) is 26.3. The monoisotopic (exact) mass is 865 g/mol. The number of allylic oxidation sites excluding steroid dienone is 1. The number of rotatable bonds is 20. The van der Waals surface area contributed by atoms with Crippen LogP contribution in [0.5, 0.6) is 0 Å². The van der Waals surface area contributed by atoms with Crippen molar-refractivity contribution in [3.05, 3.63) is 48.1 Å². The minimum Gasteiger partial charge on any atom is -0.455 e. The van der Waals surface area contributed by atoms with Gasteiger partial charge in [-0.25, -0.2) is 33.7 Å². The number of aliphatic hydroxyl groups is 3. The maximum absolute atomic E-state index is 13.5. The number of hydrogen-bond acceptors (Lipinski definition) is 21. The van der Waals surface area contributed by atoms with Crippen LogP contribution in [0, 0.1) is 0 Å². The van der Waals surface area contributed by atoms with E-state index in [0.29, 0.717) is 0 Å². The van der Waals surface area contributed by atoms with Gasteiger partial charge in [0.1, 0.15) is 48.2 Å². The van der Waals surface area contributed by atoms with Crippen molar-refractivity contribution in [3.63, 3.8) is 0 Å². The lowest BCUT2D eigenvalue weighted by atomic mass is 10.1. The predicted molar refractivity (Wildman–Crippen MR) is 190 cm³/mol. The van der Waals surface area contributed by atoms with Gasteiger partial charge in [0.05, 0.1) is 39.4 Å². The zero-order valence-corrected chi connectivity index (χ0v) is 31.8. The van der Waals surface area contributed by atoms with Crippen molar-refractivity contribution in [1.29, 1.82) is 0 Å². The van der Waals surface area contributed by atoms with E-state index in [-0.39, 0.29) is 42.2 Å². The highest BCUT2D eigenvalue weighted by atomic mass is 31.2. The molecule has 11 N–H and O–H groups in total. The molecule has 2 saturated heterocycles. The number of carbonyl (C=O) groups excluding carboxylic acids is 2. The molecule has 0 aliphatic carbocycles. The van der Waals surface area contributed by atoms with E-state index in [0.717, 1.165) is 23.2 Å². The molecule has 0 spiro atoms.